The van der Waals surface area contributed by atoms with Gasteiger partial charge < -0.3 is 40.0 Å². The molecule has 0 aromatic carbocycles. The highest BCUT2D eigenvalue weighted by Gasteiger charge is 2.22. The predicted octanol–water partition coefficient (Wildman–Crippen LogP) is 1.85. The van der Waals surface area contributed by atoms with Gasteiger partial charge >= 0.3 is 5.97 Å². The number of aliphatic carboxylic acids is 1. The Labute approximate surface area is 249 Å². The molecule has 3 amide bonds. The summed E-state index contributed by atoms with van der Waals surface area (Å²) < 4.78 is 21.8. The molecule has 0 aromatic heterocycles. The van der Waals surface area contributed by atoms with Crippen molar-refractivity contribution < 1.29 is 43.2 Å². The standard InChI is InChI=1S/C28H53N3O9S/c1-27(2,3)19-24(33)29-9-11-37-13-15-39-17-18-40-16-14-38-12-10-30-26(36)22(20-41-21-28(4,5)6)31-23(32)7-8-25(34)35/h22H,7-21H2,1-6H3,(H,29,33)(H,30,36)(H,31,32)(H,34,35)/t22-/m0/s1. The second-order valence-corrected chi connectivity index (χ2v) is 12.9. The van der Waals surface area contributed by atoms with Crippen molar-refractivity contribution >= 4 is 35.5 Å². The summed E-state index contributed by atoms with van der Waals surface area (Å²) >= 11 is 1.56. The highest BCUT2D eigenvalue weighted by molar-refractivity contribution is 7.99. The molecule has 0 spiro atoms. The van der Waals surface area contributed by atoms with Crippen molar-refractivity contribution in [3.05, 3.63) is 0 Å². The van der Waals surface area contributed by atoms with Crippen LogP contribution in [-0.2, 0) is 38.1 Å². The molecule has 0 saturated carbocycles. The van der Waals surface area contributed by atoms with Crippen LogP contribution in [0.15, 0.2) is 0 Å². The molecule has 4 N–H and O–H groups in total. The first-order valence-corrected chi connectivity index (χ1v) is 15.3. The number of nitrogens with one attached hydrogen (secondary N) is 3. The molecule has 0 aromatic rings. The minimum absolute atomic E-state index is 0.0230. The van der Waals surface area contributed by atoms with Crippen molar-refractivity contribution in [3.8, 4) is 0 Å². The smallest absolute Gasteiger partial charge is 0.303 e. The van der Waals surface area contributed by atoms with E-state index in [-0.39, 0.29) is 48.6 Å². The van der Waals surface area contributed by atoms with Gasteiger partial charge in [-0.25, -0.2) is 0 Å². The molecule has 0 heterocycles. The topological polar surface area (TPSA) is 162 Å². The van der Waals surface area contributed by atoms with Gasteiger partial charge in [-0.05, 0) is 16.6 Å². The van der Waals surface area contributed by atoms with E-state index in [0.717, 1.165) is 5.75 Å². The molecule has 1 atom stereocenters. The molecule has 13 heteroatoms. The van der Waals surface area contributed by atoms with Gasteiger partial charge in [0.15, 0.2) is 0 Å². The van der Waals surface area contributed by atoms with E-state index in [1.807, 2.05) is 20.8 Å². The van der Waals surface area contributed by atoms with Gasteiger partial charge in [-0.2, -0.15) is 11.8 Å². The first-order valence-electron chi connectivity index (χ1n) is 14.1. The summed E-state index contributed by atoms with van der Waals surface area (Å²) in [4.78, 5) is 47.1. The van der Waals surface area contributed by atoms with Crippen molar-refractivity contribution in [2.75, 3.05) is 77.5 Å². The van der Waals surface area contributed by atoms with Gasteiger partial charge in [-0.1, -0.05) is 41.5 Å². The Bertz CT molecular complexity index is 755. The van der Waals surface area contributed by atoms with Crippen LogP contribution < -0.4 is 16.0 Å². The molecule has 0 aliphatic carbocycles. The summed E-state index contributed by atoms with van der Waals surface area (Å²) in [6.45, 7) is 16.2. The SMILES string of the molecule is CC(C)(C)CSC[C@H](NC(=O)CCC(=O)O)C(=O)NCCOCCOCCOCCOCCNC(=O)CC(C)(C)C. The second kappa shape index (κ2) is 22.6. The molecular formula is C28H53N3O9S. The molecule has 0 fully saturated rings. The fraction of sp³-hybridized carbons (Fsp3) is 0.857. The zero-order chi connectivity index (χ0) is 31.2. The molecule has 12 nitrogen and oxygen atoms in total. The fourth-order valence-electron chi connectivity index (χ4n) is 3.09. The third-order valence-corrected chi connectivity index (χ3v) is 6.60. The number of carbonyl (C=O) groups excluding carboxylic acids is 3. The quantitative estimate of drug-likeness (QED) is 0.119. The summed E-state index contributed by atoms with van der Waals surface area (Å²) in [5.41, 5.74) is 0.0384. The van der Waals surface area contributed by atoms with Gasteiger partial charge in [0, 0.05) is 31.7 Å². The van der Waals surface area contributed by atoms with E-state index in [9.17, 15) is 19.2 Å². The van der Waals surface area contributed by atoms with Crippen molar-refractivity contribution in [3.63, 3.8) is 0 Å². The van der Waals surface area contributed by atoms with Crippen LogP contribution in [0.2, 0.25) is 0 Å². The first kappa shape index (κ1) is 39.1. The molecule has 0 saturated heterocycles. The van der Waals surface area contributed by atoms with E-state index >= 15 is 0 Å². The molecule has 0 rings (SSSR count). The van der Waals surface area contributed by atoms with Crippen LogP contribution >= 0.6 is 11.8 Å². The van der Waals surface area contributed by atoms with Crippen LogP contribution in [-0.4, -0.2) is 112 Å². The number of carboxylic acid groups (broad SMARTS) is 1. The molecule has 0 aliphatic heterocycles. The van der Waals surface area contributed by atoms with Gasteiger partial charge in [-0.15, -0.1) is 0 Å². The maximum absolute atomic E-state index is 12.6. The lowest BCUT2D eigenvalue weighted by atomic mass is 9.92. The van der Waals surface area contributed by atoms with Crippen molar-refractivity contribution in [1.29, 1.82) is 0 Å². The second-order valence-electron chi connectivity index (χ2n) is 11.9. The van der Waals surface area contributed by atoms with Gasteiger partial charge in [0.2, 0.25) is 17.7 Å². The van der Waals surface area contributed by atoms with Crippen LogP contribution in [0, 0.1) is 10.8 Å². The average Bonchev–Trinajstić information content (AvgIpc) is 2.84. The lowest BCUT2D eigenvalue weighted by Crippen LogP contribution is -2.49. The highest BCUT2D eigenvalue weighted by atomic mass is 32.2. The van der Waals surface area contributed by atoms with E-state index in [4.69, 9.17) is 24.1 Å². The molecule has 0 unspecified atom stereocenters. The summed E-state index contributed by atoms with van der Waals surface area (Å²) in [5.74, 6) is -0.640. The van der Waals surface area contributed by atoms with E-state index < -0.39 is 17.9 Å². The van der Waals surface area contributed by atoms with Crippen LogP contribution in [0.3, 0.4) is 0 Å². The summed E-state index contributed by atoms with van der Waals surface area (Å²) in [6.07, 6.45) is 0.0188. The molecule has 0 radical (unpaired) electrons. The monoisotopic (exact) mass is 607 g/mol. The molecule has 41 heavy (non-hydrogen) atoms. The van der Waals surface area contributed by atoms with E-state index in [1.54, 1.807) is 11.8 Å². The fourth-order valence-corrected chi connectivity index (χ4v) is 4.29. The maximum Gasteiger partial charge on any atom is 0.303 e. The average molecular weight is 608 g/mol. The lowest BCUT2D eigenvalue weighted by molar-refractivity contribution is -0.139. The number of carbonyl (C=O) groups is 4. The minimum Gasteiger partial charge on any atom is -0.481 e. The van der Waals surface area contributed by atoms with Gasteiger partial charge in [-0.3, -0.25) is 19.2 Å². The van der Waals surface area contributed by atoms with Crippen molar-refractivity contribution in [2.24, 2.45) is 10.8 Å². The molecule has 240 valence electrons. The number of thioether (sulfide) groups is 1. The Morgan fingerprint density at radius 3 is 1.63 bits per heavy atom. The van der Waals surface area contributed by atoms with Gasteiger partial charge in [0.1, 0.15) is 6.04 Å². The normalized spacial score (nSPS) is 12.5. The van der Waals surface area contributed by atoms with Crippen LogP contribution in [0.4, 0.5) is 0 Å². The number of hydrogen-bond donors (Lipinski definition) is 4. The lowest BCUT2D eigenvalue weighted by Gasteiger charge is -2.21. The Morgan fingerprint density at radius 1 is 0.683 bits per heavy atom. The largest absolute Gasteiger partial charge is 0.481 e. The Morgan fingerprint density at radius 2 is 1.17 bits per heavy atom. The third kappa shape index (κ3) is 28.0. The van der Waals surface area contributed by atoms with Crippen molar-refractivity contribution in [2.45, 2.75) is 66.8 Å². The zero-order valence-electron chi connectivity index (χ0n) is 25.8. The molecule has 0 bridgehead atoms. The van der Waals surface area contributed by atoms with Crippen molar-refractivity contribution in [1.82, 2.24) is 16.0 Å². The van der Waals surface area contributed by atoms with Crippen LogP contribution in [0.25, 0.3) is 0 Å². The maximum atomic E-state index is 12.6. The van der Waals surface area contributed by atoms with Gasteiger partial charge in [0.25, 0.3) is 0 Å². The Kier molecular flexibility index (Phi) is 21.6. The molecule has 0 aliphatic rings. The van der Waals surface area contributed by atoms with Crippen LogP contribution in [0.5, 0.6) is 0 Å². The van der Waals surface area contributed by atoms with E-state index in [1.165, 1.54) is 0 Å². The van der Waals surface area contributed by atoms with E-state index in [0.29, 0.717) is 65.0 Å². The number of ether oxygens (including phenoxy) is 4. The van der Waals surface area contributed by atoms with Crippen LogP contribution in [0.1, 0.15) is 60.8 Å². The Hall–Kier alpha value is -1.93. The number of hydrogen-bond acceptors (Lipinski definition) is 9. The Balaban J connectivity index is 3.84. The third-order valence-electron chi connectivity index (χ3n) is 4.96. The number of amides is 3. The number of rotatable bonds is 24. The number of carboxylic acids is 1. The van der Waals surface area contributed by atoms with Gasteiger partial charge in [0.05, 0.1) is 59.3 Å². The first-order chi connectivity index (χ1) is 19.2. The predicted molar refractivity (Wildman–Crippen MR) is 159 cm³/mol. The van der Waals surface area contributed by atoms with E-state index in [2.05, 4.69) is 36.7 Å². The highest BCUT2D eigenvalue weighted by Crippen LogP contribution is 2.21. The molecular weight excluding hydrogens is 554 g/mol. The minimum atomic E-state index is -1.06. The zero-order valence-corrected chi connectivity index (χ0v) is 26.6. The summed E-state index contributed by atoms with van der Waals surface area (Å²) in [5, 5.41) is 17.0. The summed E-state index contributed by atoms with van der Waals surface area (Å²) in [7, 11) is 0. The summed E-state index contributed by atoms with van der Waals surface area (Å²) in [6, 6.07) is -0.753.